The number of phosphoric ester groups is 1. The fourth-order valence-corrected chi connectivity index (χ4v) is 10.2. The third kappa shape index (κ3) is 59.8. The number of unbranched alkanes of at least 4 members (excludes halogenated alkanes) is 32. The van der Waals surface area contributed by atoms with Crippen LogP contribution in [0.5, 0.6) is 0 Å². The normalized spacial score (nSPS) is 14.1. The van der Waals surface area contributed by atoms with E-state index in [1.807, 2.05) is 45.4 Å². The molecular formula is C70H127N2O7P. The van der Waals surface area contributed by atoms with E-state index < -0.39 is 26.6 Å². The summed E-state index contributed by atoms with van der Waals surface area (Å²) in [4.78, 5) is 40.0. The van der Waals surface area contributed by atoms with Crippen molar-refractivity contribution in [3.63, 3.8) is 0 Å². The van der Waals surface area contributed by atoms with Crippen molar-refractivity contribution in [1.82, 2.24) is 5.32 Å². The number of quaternary nitrogens is 1. The van der Waals surface area contributed by atoms with Gasteiger partial charge in [-0.25, -0.2) is 0 Å². The van der Waals surface area contributed by atoms with Gasteiger partial charge in [-0.05, 0) is 70.3 Å². The molecule has 464 valence electrons. The number of esters is 1. The molecule has 1 amide bonds. The first-order chi connectivity index (χ1) is 38.9. The van der Waals surface area contributed by atoms with Gasteiger partial charge in [0.2, 0.25) is 5.91 Å². The second-order valence-electron chi connectivity index (χ2n) is 23.6. The highest BCUT2D eigenvalue weighted by atomic mass is 31.2. The Morgan fingerprint density at radius 2 is 0.812 bits per heavy atom. The predicted molar refractivity (Wildman–Crippen MR) is 344 cm³/mol. The molecule has 10 heteroatoms. The first-order valence-corrected chi connectivity index (χ1v) is 34.9. The summed E-state index contributed by atoms with van der Waals surface area (Å²) in [6.07, 6.45) is 78.7. The van der Waals surface area contributed by atoms with Crippen LogP contribution in [0.4, 0.5) is 0 Å². The highest BCUT2D eigenvalue weighted by Gasteiger charge is 2.27. The minimum atomic E-state index is -4.72. The lowest BCUT2D eigenvalue weighted by Crippen LogP contribution is -2.47. The van der Waals surface area contributed by atoms with E-state index >= 15 is 0 Å². The molecule has 0 aromatic carbocycles. The molecule has 0 aliphatic heterocycles. The van der Waals surface area contributed by atoms with Crippen molar-refractivity contribution in [1.29, 1.82) is 0 Å². The van der Waals surface area contributed by atoms with Gasteiger partial charge in [0.05, 0.1) is 33.8 Å². The number of likely N-dealkylation sites (N-methyl/N-ethyl adjacent to an activating group) is 1. The van der Waals surface area contributed by atoms with Gasteiger partial charge in [0.25, 0.3) is 7.82 Å². The van der Waals surface area contributed by atoms with Crippen molar-refractivity contribution in [2.45, 2.75) is 309 Å². The van der Waals surface area contributed by atoms with Crippen molar-refractivity contribution in [3.05, 3.63) is 85.1 Å². The molecule has 0 aliphatic rings. The Morgan fingerprint density at radius 1 is 0.450 bits per heavy atom. The molecule has 3 unspecified atom stereocenters. The maximum absolute atomic E-state index is 13.5. The molecule has 0 spiro atoms. The van der Waals surface area contributed by atoms with Crippen molar-refractivity contribution in [3.8, 4) is 0 Å². The van der Waals surface area contributed by atoms with Gasteiger partial charge >= 0.3 is 5.97 Å². The molecular weight excluding hydrogens is 1010 g/mol. The number of nitrogens with one attached hydrogen (secondary N) is 1. The molecule has 0 saturated carbocycles. The van der Waals surface area contributed by atoms with Gasteiger partial charge in [0.1, 0.15) is 19.3 Å². The van der Waals surface area contributed by atoms with Crippen LogP contribution in [-0.2, 0) is 27.9 Å². The van der Waals surface area contributed by atoms with Crippen LogP contribution < -0.4 is 10.2 Å². The average Bonchev–Trinajstić information content (AvgIpc) is 3.42. The van der Waals surface area contributed by atoms with Gasteiger partial charge in [-0.1, -0.05) is 299 Å². The minimum absolute atomic E-state index is 0.0377. The van der Waals surface area contributed by atoms with Crippen LogP contribution in [0, 0.1) is 0 Å². The van der Waals surface area contributed by atoms with E-state index in [1.165, 1.54) is 180 Å². The number of phosphoric acid groups is 1. The zero-order valence-electron chi connectivity index (χ0n) is 53.0. The second kappa shape index (κ2) is 59.4. The van der Waals surface area contributed by atoms with Gasteiger partial charge in [-0.15, -0.1) is 0 Å². The Morgan fingerprint density at radius 3 is 1.20 bits per heavy atom. The SMILES string of the molecule is CC/C=C\C/C=C\C/C=C\C/C=C\C/C=C\C/C=C\CCC(=O)NC(COP(=O)([O-])OCC[N+](C)(C)C)C(/C=C/CCCCCCCCCCCC)OC(=O)CCCCCCCCCCCCCCCCCCCCCCCCC. The number of hydrogen-bond donors (Lipinski definition) is 1. The fourth-order valence-electron chi connectivity index (χ4n) is 9.49. The number of allylic oxidation sites excluding steroid dienone is 13. The molecule has 0 heterocycles. The van der Waals surface area contributed by atoms with E-state index in [1.54, 1.807) is 0 Å². The molecule has 0 saturated heterocycles. The second-order valence-corrected chi connectivity index (χ2v) is 25.0. The van der Waals surface area contributed by atoms with Crippen molar-refractivity contribution < 1.29 is 37.3 Å². The molecule has 0 aromatic heterocycles. The van der Waals surface area contributed by atoms with Crippen molar-refractivity contribution >= 4 is 19.7 Å². The van der Waals surface area contributed by atoms with E-state index in [4.69, 9.17) is 13.8 Å². The topological polar surface area (TPSA) is 114 Å². The van der Waals surface area contributed by atoms with E-state index in [0.717, 1.165) is 77.0 Å². The number of carbonyl (C=O) groups is 2. The number of hydrogen-bond acceptors (Lipinski definition) is 7. The molecule has 0 aliphatic carbocycles. The summed E-state index contributed by atoms with van der Waals surface area (Å²) in [5.74, 6) is -0.632. The summed E-state index contributed by atoms with van der Waals surface area (Å²) >= 11 is 0. The standard InChI is InChI=1S/C70H127N2O7P/c1-7-10-13-16-19-22-25-28-30-32-34-35-36-37-39-41-43-45-48-51-54-57-60-63-70(74)79-68(61-58-55-52-49-46-27-24-21-18-15-12-9-3)67(66-78-80(75,76)77-65-64-72(4,5)6)71-69(73)62-59-56-53-50-47-44-42-40-38-33-31-29-26-23-20-17-14-11-8-2/h11,14,20,23,29,31,38,40,44,47,53,56,58,61,67-68H,7-10,12-13,15-19,21-22,24-28,30,32-37,39,41-43,45-46,48-52,54-55,57,59-60,62-66H2,1-6H3,(H-,71,73,75,76)/b14-11-,23-20-,31-29-,40-38-,47-44-,56-53-,61-58+. The lowest BCUT2D eigenvalue weighted by atomic mass is 10.0. The van der Waals surface area contributed by atoms with E-state index in [2.05, 4.69) is 86.8 Å². The zero-order valence-corrected chi connectivity index (χ0v) is 53.9. The number of nitrogens with zero attached hydrogens (tertiary/aromatic N) is 1. The monoisotopic (exact) mass is 1140 g/mol. The Balaban J connectivity index is 5.22. The molecule has 1 N–H and O–H groups in total. The Kier molecular flexibility index (Phi) is 57.3. The molecule has 0 radical (unpaired) electrons. The summed E-state index contributed by atoms with van der Waals surface area (Å²) in [7, 11) is 1.14. The van der Waals surface area contributed by atoms with Crippen LogP contribution in [0.2, 0.25) is 0 Å². The maximum atomic E-state index is 13.5. The van der Waals surface area contributed by atoms with E-state index in [9.17, 15) is 19.0 Å². The van der Waals surface area contributed by atoms with Crippen molar-refractivity contribution in [2.75, 3.05) is 40.9 Å². The number of carbonyl (C=O) groups excluding carboxylic acids is 2. The lowest BCUT2D eigenvalue weighted by Gasteiger charge is -2.30. The van der Waals surface area contributed by atoms with E-state index in [-0.39, 0.29) is 31.3 Å². The number of ether oxygens (including phenoxy) is 1. The highest BCUT2D eigenvalue weighted by Crippen LogP contribution is 2.38. The van der Waals surface area contributed by atoms with E-state index in [0.29, 0.717) is 17.4 Å². The highest BCUT2D eigenvalue weighted by molar-refractivity contribution is 7.45. The smallest absolute Gasteiger partial charge is 0.306 e. The third-order valence-corrected chi connectivity index (χ3v) is 15.6. The summed E-state index contributed by atoms with van der Waals surface area (Å²) < 4.78 is 30.3. The summed E-state index contributed by atoms with van der Waals surface area (Å²) in [5.41, 5.74) is 0. The van der Waals surface area contributed by atoms with Gasteiger partial charge in [0, 0.05) is 12.8 Å². The third-order valence-electron chi connectivity index (χ3n) is 14.6. The molecule has 3 atom stereocenters. The quantitative estimate of drug-likeness (QED) is 0.0212. The molecule has 0 aromatic rings. The number of rotatable bonds is 60. The number of amides is 1. The van der Waals surface area contributed by atoms with Crippen LogP contribution in [0.15, 0.2) is 85.1 Å². The average molecular weight is 1140 g/mol. The lowest BCUT2D eigenvalue weighted by molar-refractivity contribution is -0.870. The largest absolute Gasteiger partial charge is 0.756 e. The van der Waals surface area contributed by atoms with Crippen LogP contribution in [0.1, 0.15) is 297 Å². The Labute approximate surface area is 495 Å². The molecule has 80 heavy (non-hydrogen) atoms. The first-order valence-electron chi connectivity index (χ1n) is 33.4. The van der Waals surface area contributed by atoms with Gasteiger partial charge in [0.15, 0.2) is 0 Å². The van der Waals surface area contributed by atoms with Crippen LogP contribution in [-0.4, -0.2) is 69.4 Å². The summed E-state index contributed by atoms with van der Waals surface area (Å²) in [5, 5.41) is 2.98. The molecule has 0 rings (SSSR count). The zero-order chi connectivity index (χ0) is 58.6. The van der Waals surface area contributed by atoms with Crippen LogP contribution in [0.3, 0.4) is 0 Å². The predicted octanol–water partition coefficient (Wildman–Crippen LogP) is 20.3. The van der Waals surface area contributed by atoms with Gasteiger partial charge in [-0.2, -0.15) is 0 Å². The van der Waals surface area contributed by atoms with Gasteiger partial charge < -0.3 is 28.5 Å². The Bertz CT molecular complexity index is 1640. The maximum Gasteiger partial charge on any atom is 0.306 e. The molecule has 9 nitrogen and oxygen atoms in total. The fraction of sp³-hybridized carbons (Fsp3) is 0.771. The first kappa shape index (κ1) is 77.2. The van der Waals surface area contributed by atoms with Crippen molar-refractivity contribution in [2.24, 2.45) is 0 Å². The van der Waals surface area contributed by atoms with Crippen LogP contribution in [0.25, 0.3) is 0 Å². The summed E-state index contributed by atoms with van der Waals surface area (Å²) in [6.45, 7) is 6.70. The summed E-state index contributed by atoms with van der Waals surface area (Å²) in [6, 6.07) is -0.931. The molecule has 0 bridgehead atoms. The molecule has 0 fully saturated rings. The Hall–Kier alpha value is -2.81. The minimum Gasteiger partial charge on any atom is -0.756 e. The van der Waals surface area contributed by atoms with Crippen LogP contribution >= 0.6 is 7.82 Å². The van der Waals surface area contributed by atoms with Gasteiger partial charge in [-0.3, -0.25) is 14.2 Å².